The lowest BCUT2D eigenvalue weighted by Gasteiger charge is -2.52. The molecule has 0 aliphatic carbocycles. The van der Waals surface area contributed by atoms with E-state index in [1.165, 1.54) is 5.56 Å². The van der Waals surface area contributed by atoms with Gasteiger partial charge in [-0.2, -0.15) is 0 Å². The molecule has 0 atom stereocenters. The molecule has 1 aromatic carbocycles. The van der Waals surface area contributed by atoms with E-state index in [1.54, 1.807) is 0 Å². The number of benzene rings is 1. The second kappa shape index (κ2) is 6.45. The molecule has 1 aliphatic heterocycles. The Morgan fingerprint density at radius 3 is 2.38 bits per heavy atom. The highest BCUT2D eigenvalue weighted by molar-refractivity contribution is 6.42. The van der Waals surface area contributed by atoms with Crippen LogP contribution in [-0.4, -0.2) is 29.1 Å². The van der Waals surface area contributed by atoms with Crippen molar-refractivity contribution in [2.45, 2.75) is 58.2 Å². The monoisotopic (exact) mass is 328 g/mol. The molecule has 0 bridgehead atoms. The van der Waals surface area contributed by atoms with Gasteiger partial charge in [0.1, 0.15) is 0 Å². The molecule has 1 saturated heterocycles. The van der Waals surface area contributed by atoms with E-state index in [0.717, 1.165) is 32.5 Å². The zero-order valence-corrected chi connectivity index (χ0v) is 15.0. The predicted molar refractivity (Wildman–Crippen MR) is 92.3 cm³/mol. The molecule has 118 valence electrons. The number of nitrogens with zero attached hydrogens (tertiary/aromatic N) is 1. The summed E-state index contributed by atoms with van der Waals surface area (Å²) in [6.45, 7) is 12.1. The van der Waals surface area contributed by atoms with Crippen molar-refractivity contribution >= 4 is 23.2 Å². The van der Waals surface area contributed by atoms with E-state index in [1.807, 2.05) is 12.1 Å². The maximum atomic E-state index is 6.15. The van der Waals surface area contributed by atoms with Gasteiger partial charge in [-0.25, -0.2) is 0 Å². The molecule has 1 N–H and O–H groups in total. The minimum Gasteiger partial charge on any atom is -0.308 e. The summed E-state index contributed by atoms with van der Waals surface area (Å²) in [5, 5.41) is 5.03. The molecule has 1 aromatic rings. The third-order valence-corrected chi connectivity index (χ3v) is 5.70. The Morgan fingerprint density at radius 1 is 1.14 bits per heavy atom. The predicted octanol–water partition coefficient (Wildman–Crippen LogP) is 4.74. The first kappa shape index (κ1) is 17.1. The zero-order chi connectivity index (χ0) is 15.7. The summed E-state index contributed by atoms with van der Waals surface area (Å²) in [4.78, 5) is 2.57. The molecule has 2 nitrogen and oxygen atoms in total. The quantitative estimate of drug-likeness (QED) is 0.859. The summed E-state index contributed by atoms with van der Waals surface area (Å²) < 4.78 is 0. The van der Waals surface area contributed by atoms with Gasteiger partial charge in [0.15, 0.2) is 0 Å². The fourth-order valence-electron chi connectivity index (χ4n) is 3.00. The van der Waals surface area contributed by atoms with Crippen LogP contribution in [0.15, 0.2) is 18.2 Å². The van der Waals surface area contributed by atoms with Crippen LogP contribution in [0, 0.1) is 0 Å². The van der Waals surface area contributed by atoms with Gasteiger partial charge >= 0.3 is 0 Å². The van der Waals surface area contributed by atoms with Crippen molar-refractivity contribution in [1.29, 1.82) is 0 Å². The molecule has 0 radical (unpaired) electrons. The number of hydrogen-bond donors (Lipinski definition) is 1. The first-order valence-corrected chi connectivity index (χ1v) is 8.51. The number of piperazine rings is 1. The SMILES string of the molecule is CCC1(CC)CN(Cc2ccc(Cl)c(Cl)c2)C(C)(C)CN1. The molecule has 1 fully saturated rings. The van der Waals surface area contributed by atoms with Gasteiger partial charge in [0.25, 0.3) is 0 Å². The van der Waals surface area contributed by atoms with Crippen LogP contribution in [0.25, 0.3) is 0 Å². The molecular weight excluding hydrogens is 303 g/mol. The Kier molecular flexibility index (Phi) is 5.25. The number of rotatable bonds is 4. The van der Waals surface area contributed by atoms with Gasteiger partial charge in [-0.05, 0) is 44.4 Å². The van der Waals surface area contributed by atoms with Gasteiger partial charge in [0.2, 0.25) is 0 Å². The molecule has 0 aromatic heterocycles. The van der Waals surface area contributed by atoms with Gasteiger partial charge in [-0.15, -0.1) is 0 Å². The van der Waals surface area contributed by atoms with E-state index < -0.39 is 0 Å². The maximum Gasteiger partial charge on any atom is 0.0595 e. The highest BCUT2D eigenvalue weighted by atomic mass is 35.5. The van der Waals surface area contributed by atoms with Gasteiger partial charge in [-0.1, -0.05) is 43.1 Å². The zero-order valence-electron chi connectivity index (χ0n) is 13.5. The average molecular weight is 329 g/mol. The van der Waals surface area contributed by atoms with Crippen molar-refractivity contribution in [3.05, 3.63) is 33.8 Å². The fraction of sp³-hybridized carbons (Fsp3) is 0.647. The summed E-state index contributed by atoms with van der Waals surface area (Å²) in [5.41, 5.74) is 1.59. The van der Waals surface area contributed by atoms with Crippen molar-refractivity contribution in [3.63, 3.8) is 0 Å². The Hall–Kier alpha value is -0.280. The summed E-state index contributed by atoms with van der Waals surface area (Å²) in [6.07, 6.45) is 2.30. The molecule has 21 heavy (non-hydrogen) atoms. The molecule has 0 spiro atoms. The van der Waals surface area contributed by atoms with E-state index in [9.17, 15) is 0 Å². The average Bonchev–Trinajstić information content (AvgIpc) is 2.45. The lowest BCUT2D eigenvalue weighted by molar-refractivity contribution is 0.0162. The second-order valence-corrected chi connectivity index (χ2v) is 7.57. The van der Waals surface area contributed by atoms with Crippen molar-refractivity contribution < 1.29 is 0 Å². The molecule has 4 heteroatoms. The molecular formula is C17H26Cl2N2. The summed E-state index contributed by atoms with van der Waals surface area (Å²) in [5.74, 6) is 0. The number of halogens is 2. The molecule has 0 unspecified atom stereocenters. The van der Waals surface area contributed by atoms with Gasteiger partial charge in [0, 0.05) is 30.7 Å². The number of nitrogens with one attached hydrogen (secondary N) is 1. The lowest BCUT2D eigenvalue weighted by Crippen LogP contribution is -2.67. The standard InChI is InChI=1S/C17H26Cl2N2/c1-5-17(6-2)12-21(16(3,4)11-20-17)10-13-7-8-14(18)15(19)9-13/h7-9,20H,5-6,10-12H2,1-4H3. The van der Waals surface area contributed by atoms with Crippen LogP contribution < -0.4 is 5.32 Å². The van der Waals surface area contributed by atoms with E-state index in [-0.39, 0.29) is 11.1 Å². The van der Waals surface area contributed by atoms with E-state index in [2.05, 4.69) is 44.0 Å². The van der Waals surface area contributed by atoms with Crippen LogP contribution in [0.2, 0.25) is 10.0 Å². The number of hydrogen-bond acceptors (Lipinski definition) is 2. The van der Waals surface area contributed by atoms with Crippen molar-refractivity contribution in [2.24, 2.45) is 0 Å². The second-order valence-electron chi connectivity index (χ2n) is 6.76. The van der Waals surface area contributed by atoms with E-state index in [0.29, 0.717) is 10.0 Å². The van der Waals surface area contributed by atoms with Gasteiger partial charge < -0.3 is 5.32 Å². The van der Waals surface area contributed by atoms with Crippen molar-refractivity contribution in [1.82, 2.24) is 10.2 Å². The van der Waals surface area contributed by atoms with Crippen LogP contribution in [0.4, 0.5) is 0 Å². The maximum absolute atomic E-state index is 6.15. The first-order valence-electron chi connectivity index (χ1n) is 7.76. The molecule has 0 amide bonds. The topological polar surface area (TPSA) is 15.3 Å². The smallest absolute Gasteiger partial charge is 0.0595 e. The highest BCUT2D eigenvalue weighted by Gasteiger charge is 2.40. The Bertz CT molecular complexity index is 496. The highest BCUT2D eigenvalue weighted by Crippen LogP contribution is 2.30. The molecule has 2 rings (SSSR count). The third-order valence-electron chi connectivity index (χ3n) is 4.96. The third kappa shape index (κ3) is 3.73. The normalized spacial score (nSPS) is 21.4. The van der Waals surface area contributed by atoms with E-state index >= 15 is 0 Å². The molecule has 1 aliphatic rings. The molecule has 0 saturated carbocycles. The van der Waals surface area contributed by atoms with Crippen LogP contribution in [0.1, 0.15) is 46.1 Å². The Balaban J connectivity index is 2.20. The summed E-state index contributed by atoms with van der Waals surface area (Å²) in [6, 6.07) is 5.95. The summed E-state index contributed by atoms with van der Waals surface area (Å²) in [7, 11) is 0. The summed E-state index contributed by atoms with van der Waals surface area (Å²) >= 11 is 12.2. The van der Waals surface area contributed by atoms with Crippen molar-refractivity contribution in [2.75, 3.05) is 13.1 Å². The van der Waals surface area contributed by atoms with E-state index in [4.69, 9.17) is 23.2 Å². The Morgan fingerprint density at radius 2 is 1.81 bits per heavy atom. The minimum absolute atomic E-state index is 0.139. The minimum atomic E-state index is 0.139. The van der Waals surface area contributed by atoms with Crippen molar-refractivity contribution in [3.8, 4) is 0 Å². The van der Waals surface area contributed by atoms with Crippen LogP contribution in [0.3, 0.4) is 0 Å². The van der Waals surface area contributed by atoms with Crippen LogP contribution in [0.5, 0.6) is 0 Å². The lowest BCUT2D eigenvalue weighted by atomic mass is 9.84. The van der Waals surface area contributed by atoms with Gasteiger partial charge in [-0.3, -0.25) is 4.90 Å². The van der Waals surface area contributed by atoms with Gasteiger partial charge in [0.05, 0.1) is 10.0 Å². The fourth-order valence-corrected chi connectivity index (χ4v) is 3.32. The Labute approximate surface area is 138 Å². The van der Waals surface area contributed by atoms with Crippen LogP contribution in [-0.2, 0) is 6.54 Å². The largest absolute Gasteiger partial charge is 0.308 e. The first-order chi connectivity index (χ1) is 9.82. The van der Waals surface area contributed by atoms with Crippen LogP contribution >= 0.6 is 23.2 Å². The molecule has 1 heterocycles.